The van der Waals surface area contributed by atoms with Gasteiger partial charge in [0.2, 0.25) is 0 Å². The third kappa shape index (κ3) is 2.96. The van der Waals surface area contributed by atoms with Gasteiger partial charge in [0.1, 0.15) is 6.61 Å². The van der Waals surface area contributed by atoms with Crippen LogP contribution in [0, 0.1) is 0 Å². The average Bonchev–Trinajstić information content (AvgIpc) is 2.92. The highest BCUT2D eigenvalue weighted by atomic mass is 16.6. The van der Waals surface area contributed by atoms with Gasteiger partial charge in [-0.2, -0.15) is 0 Å². The van der Waals surface area contributed by atoms with Gasteiger partial charge >= 0.3 is 12.2 Å². The Bertz CT molecular complexity index is 699. The van der Waals surface area contributed by atoms with Gasteiger partial charge in [-0.05, 0) is 22.3 Å². The van der Waals surface area contributed by atoms with Crippen LogP contribution in [-0.4, -0.2) is 25.9 Å². The van der Waals surface area contributed by atoms with Gasteiger partial charge in [0.25, 0.3) is 0 Å². The fraction of sp³-hybridized carbons (Fsp3) is 0.176. The van der Waals surface area contributed by atoms with E-state index in [1.54, 1.807) is 0 Å². The molecule has 6 heteroatoms. The molecule has 0 atom stereocenters. The van der Waals surface area contributed by atoms with Crippen molar-refractivity contribution in [2.75, 3.05) is 13.7 Å². The number of hydrazine groups is 1. The van der Waals surface area contributed by atoms with Crippen LogP contribution in [0.4, 0.5) is 9.59 Å². The van der Waals surface area contributed by atoms with Crippen LogP contribution in [0.2, 0.25) is 0 Å². The van der Waals surface area contributed by atoms with Crippen LogP contribution in [0.1, 0.15) is 17.0 Å². The van der Waals surface area contributed by atoms with Crippen LogP contribution in [0.25, 0.3) is 11.1 Å². The van der Waals surface area contributed by atoms with Crippen LogP contribution < -0.4 is 10.9 Å². The number of fused-ring (bicyclic) bond motifs is 3. The van der Waals surface area contributed by atoms with E-state index < -0.39 is 12.2 Å². The van der Waals surface area contributed by atoms with Gasteiger partial charge in [0.05, 0.1) is 7.11 Å². The molecule has 0 aliphatic heterocycles. The molecule has 0 spiro atoms. The number of hydrogen-bond donors (Lipinski definition) is 2. The second-order valence-electron chi connectivity index (χ2n) is 5.07. The third-order valence-corrected chi connectivity index (χ3v) is 3.80. The van der Waals surface area contributed by atoms with Crippen molar-refractivity contribution in [2.45, 2.75) is 5.92 Å². The smallest absolute Gasteiger partial charge is 0.426 e. The molecule has 118 valence electrons. The maximum atomic E-state index is 11.6. The SMILES string of the molecule is COC(=O)NNC(=O)OCC1c2ccccc2-c2ccccc21. The van der Waals surface area contributed by atoms with E-state index in [0.29, 0.717) is 0 Å². The molecule has 2 aromatic rings. The molecule has 1 aliphatic rings. The van der Waals surface area contributed by atoms with E-state index in [-0.39, 0.29) is 12.5 Å². The molecule has 1 aliphatic carbocycles. The molecule has 0 bridgehead atoms. The van der Waals surface area contributed by atoms with Crippen molar-refractivity contribution in [1.82, 2.24) is 10.9 Å². The zero-order valence-corrected chi connectivity index (χ0v) is 12.5. The van der Waals surface area contributed by atoms with Crippen molar-refractivity contribution in [3.05, 3.63) is 59.7 Å². The first-order chi connectivity index (χ1) is 11.2. The fourth-order valence-corrected chi connectivity index (χ4v) is 2.79. The molecular weight excluding hydrogens is 296 g/mol. The number of benzene rings is 2. The largest absolute Gasteiger partial charge is 0.452 e. The Hall–Kier alpha value is -3.02. The van der Waals surface area contributed by atoms with E-state index in [1.165, 1.54) is 7.11 Å². The zero-order valence-electron chi connectivity index (χ0n) is 12.5. The normalized spacial score (nSPS) is 12.0. The first kappa shape index (κ1) is 14.9. The summed E-state index contributed by atoms with van der Waals surface area (Å²) in [6.45, 7) is 0.183. The molecule has 0 unspecified atom stereocenters. The molecule has 3 rings (SSSR count). The lowest BCUT2D eigenvalue weighted by molar-refractivity contribution is 0.130. The Balaban J connectivity index is 1.71. The Labute approximate surface area is 133 Å². The van der Waals surface area contributed by atoms with E-state index >= 15 is 0 Å². The fourth-order valence-electron chi connectivity index (χ4n) is 2.79. The number of carbonyl (C=O) groups excluding carboxylic acids is 2. The number of carbonyl (C=O) groups is 2. The average molecular weight is 312 g/mol. The summed E-state index contributed by atoms with van der Waals surface area (Å²) in [6, 6.07) is 16.1. The number of methoxy groups -OCH3 is 1. The lowest BCUT2D eigenvalue weighted by Gasteiger charge is -2.14. The standard InChI is InChI=1S/C17H16N2O4/c1-22-16(20)18-19-17(21)23-10-15-13-8-4-2-6-11(13)12-7-3-5-9-14(12)15/h2-9,15H,10H2,1H3,(H,18,20)(H,19,21). The summed E-state index contributed by atoms with van der Waals surface area (Å²) in [5, 5.41) is 0. The second kappa shape index (κ2) is 6.39. The van der Waals surface area contributed by atoms with Crippen LogP contribution in [0.3, 0.4) is 0 Å². The Morgan fingerprint density at radius 3 is 2.00 bits per heavy atom. The van der Waals surface area contributed by atoms with Gasteiger partial charge in [-0.15, -0.1) is 0 Å². The summed E-state index contributed by atoms with van der Waals surface area (Å²) in [5.74, 6) is -0.0220. The third-order valence-electron chi connectivity index (χ3n) is 3.80. The summed E-state index contributed by atoms with van der Waals surface area (Å²) in [4.78, 5) is 22.5. The monoisotopic (exact) mass is 312 g/mol. The minimum Gasteiger partial charge on any atom is -0.452 e. The molecular formula is C17H16N2O4. The topological polar surface area (TPSA) is 76.7 Å². The number of hydrogen-bond acceptors (Lipinski definition) is 4. The Kier molecular flexibility index (Phi) is 4.14. The molecule has 0 fully saturated rings. The Morgan fingerprint density at radius 2 is 1.43 bits per heavy atom. The summed E-state index contributed by atoms with van der Waals surface area (Å²) in [6.07, 6.45) is -1.50. The molecule has 2 amide bonds. The molecule has 0 saturated heterocycles. The first-order valence-electron chi connectivity index (χ1n) is 7.15. The number of amides is 2. The van der Waals surface area contributed by atoms with Crippen molar-refractivity contribution < 1.29 is 19.1 Å². The maximum absolute atomic E-state index is 11.6. The van der Waals surface area contributed by atoms with Crippen LogP contribution in [0.5, 0.6) is 0 Å². The van der Waals surface area contributed by atoms with E-state index in [4.69, 9.17) is 4.74 Å². The van der Waals surface area contributed by atoms with Gasteiger partial charge in [-0.3, -0.25) is 0 Å². The van der Waals surface area contributed by atoms with Gasteiger partial charge in [0, 0.05) is 5.92 Å². The van der Waals surface area contributed by atoms with Crippen LogP contribution >= 0.6 is 0 Å². The van der Waals surface area contributed by atoms with Crippen molar-refractivity contribution in [3.63, 3.8) is 0 Å². The zero-order chi connectivity index (χ0) is 16.2. The van der Waals surface area contributed by atoms with Crippen molar-refractivity contribution in [3.8, 4) is 11.1 Å². The lowest BCUT2D eigenvalue weighted by atomic mass is 9.98. The Morgan fingerprint density at radius 1 is 0.913 bits per heavy atom. The molecule has 0 radical (unpaired) electrons. The number of rotatable bonds is 2. The predicted molar refractivity (Wildman–Crippen MR) is 83.7 cm³/mol. The number of nitrogens with one attached hydrogen (secondary N) is 2. The van der Waals surface area contributed by atoms with Crippen LogP contribution in [-0.2, 0) is 9.47 Å². The molecule has 2 aromatic carbocycles. The van der Waals surface area contributed by atoms with Gasteiger partial charge in [-0.25, -0.2) is 20.4 Å². The highest BCUT2D eigenvalue weighted by Crippen LogP contribution is 2.44. The molecule has 0 heterocycles. The molecule has 2 N–H and O–H groups in total. The lowest BCUT2D eigenvalue weighted by Crippen LogP contribution is -2.42. The molecule has 6 nitrogen and oxygen atoms in total. The van der Waals surface area contributed by atoms with Crippen molar-refractivity contribution in [2.24, 2.45) is 0 Å². The molecule has 0 aromatic heterocycles. The van der Waals surface area contributed by atoms with E-state index in [1.807, 2.05) is 36.4 Å². The summed E-state index contributed by atoms with van der Waals surface area (Å²) >= 11 is 0. The minimum atomic E-state index is -0.765. The van der Waals surface area contributed by atoms with E-state index in [0.717, 1.165) is 22.3 Å². The maximum Gasteiger partial charge on any atom is 0.426 e. The first-order valence-corrected chi connectivity index (χ1v) is 7.15. The van der Waals surface area contributed by atoms with Gasteiger partial charge in [0.15, 0.2) is 0 Å². The predicted octanol–water partition coefficient (Wildman–Crippen LogP) is 2.80. The molecule has 23 heavy (non-hydrogen) atoms. The van der Waals surface area contributed by atoms with Crippen LogP contribution in [0.15, 0.2) is 48.5 Å². The number of ether oxygens (including phenoxy) is 2. The van der Waals surface area contributed by atoms with E-state index in [2.05, 4.69) is 27.7 Å². The quantitative estimate of drug-likeness (QED) is 0.836. The summed E-state index contributed by atoms with van der Waals surface area (Å²) in [7, 11) is 1.20. The minimum absolute atomic E-state index is 0.0220. The van der Waals surface area contributed by atoms with Gasteiger partial charge < -0.3 is 9.47 Å². The van der Waals surface area contributed by atoms with E-state index in [9.17, 15) is 9.59 Å². The highest BCUT2D eigenvalue weighted by Gasteiger charge is 2.28. The van der Waals surface area contributed by atoms with Gasteiger partial charge in [-0.1, -0.05) is 48.5 Å². The summed E-state index contributed by atoms with van der Waals surface area (Å²) < 4.78 is 9.57. The second-order valence-corrected chi connectivity index (χ2v) is 5.07. The highest BCUT2D eigenvalue weighted by molar-refractivity contribution is 5.79. The van der Waals surface area contributed by atoms with Crippen molar-refractivity contribution >= 4 is 12.2 Å². The van der Waals surface area contributed by atoms with Crippen molar-refractivity contribution in [1.29, 1.82) is 0 Å². The summed E-state index contributed by atoms with van der Waals surface area (Å²) in [5.41, 5.74) is 8.75. The molecule has 0 saturated carbocycles.